The number of hydrogen-bond acceptors (Lipinski definition) is 4. The molecule has 4 nitrogen and oxygen atoms in total. The van der Waals surface area contributed by atoms with Crippen LogP contribution < -0.4 is 10.3 Å². The van der Waals surface area contributed by atoms with Crippen molar-refractivity contribution in [3.63, 3.8) is 0 Å². The fourth-order valence-electron chi connectivity index (χ4n) is 3.99. The lowest BCUT2D eigenvalue weighted by molar-refractivity contribution is 0.101. The van der Waals surface area contributed by atoms with E-state index in [0.717, 1.165) is 49.9 Å². The predicted molar refractivity (Wildman–Crippen MR) is 104 cm³/mol. The monoisotopic (exact) mass is 353 g/mol. The third-order valence-electron chi connectivity index (χ3n) is 5.92. The van der Waals surface area contributed by atoms with Gasteiger partial charge in [-0.05, 0) is 68.6 Å². The highest BCUT2D eigenvalue weighted by molar-refractivity contribution is 6.05. The fraction of sp³-hybridized carbons (Fsp3) is 0.545. The van der Waals surface area contributed by atoms with Crippen LogP contribution in [0, 0.1) is 12.3 Å². The maximum absolute atomic E-state index is 13.3. The van der Waals surface area contributed by atoms with E-state index in [1.165, 1.54) is 6.92 Å². The van der Waals surface area contributed by atoms with E-state index in [-0.39, 0.29) is 11.2 Å². The van der Waals surface area contributed by atoms with Crippen molar-refractivity contribution in [3.8, 4) is 0 Å². The Balaban J connectivity index is 1.93. The van der Waals surface area contributed by atoms with E-state index in [1.54, 1.807) is 0 Å². The van der Waals surface area contributed by atoms with Gasteiger partial charge in [-0.1, -0.05) is 13.8 Å². The molecule has 4 rings (SSSR count). The van der Waals surface area contributed by atoms with Gasteiger partial charge in [-0.25, -0.2) is 0 Å². The van der Waals surface area contributed by atoms with Crippen molar-refractivity contribution in [2.24, 2.45) is 5.41 Å². The van der Waals surface area contributed by atoms with Gasteiger partial charge < -0.3 is 9.32 Å². The molecule has 0 amide bonds. The SMILES string of the molecule is CC(=O)c1cc(C)cc2c(=O)c(C3CC3)c(N3CCC(C)(C)CC3)oc12. The zero-order chi connectivity index (χ0) is 18.6. The number of ketones is 1. The zero-order valence-corrected chi connectivity index (χ0v) is 16.1. The predicted octanol–water partition coefficient (Wildman–Crippen LogP) is 4.81. The molecule has 0 spiro atoms. The molecule has 2 aliphatic rings. The van der Waals surface area contributed by atoms with Crippen LogP contribution in [0.2, 0.25) is 0 Å². The van der Waals surface area contributed by atoms with Crippen LogP contribution in [0.3, 0.4) is 0 Å². The lowest BCUT2D eigenvalue weighted by atomic mass is 9.82. The zero-order valence-electron chi connectivity index (χ0n) is 16.1. The van der Waals surface area contributed by atoms with Gasteiger partial charge >= 0.3 is 0 Å². The number of rotatable bonds is 3. The maximum atomic E-state index is 13.3. The normalized spacial score (nSPS) is 19.8. The van der Waals surface area contributed by atoms with Crippen LogP contribution in [0.15, 0.2) is 21.3 Å². The first kappa shape index (κ1) is 17.3. The van der Waals surface area contributed by atoms with Crippen LogP contribution >= 0.6 is 0 Å². The van der Waals surface area contributed by atoms with E-state index in [1.807, 2.05) is 19.1 Å². The first-order valence-corrected chi connectivity index (χ1v) is 9.64. The van der Waals surface area contributed by atoms with Gasteiger partial charge in [0.2, 0.25) is 5.88 Å². The van der Waals surface area contributed by atoms with Crippen molar-refractivity contribution < 1.29 is 9.21 Å². The molecule has 0 N–H and O–H groups in total. The number of piperidine rings is 1. The molecule has 1 aliphatic heterocycles. The Morgan fingerprint density at radius 2 is 1.85 bits per heavy atom. The summed E-state index contributed by atoms with van der Waals surface area (Å²) >= 11 is 0. The van der Waals surface area contributed by atoms with Crippen molar-refractivity contribution in [1.82, 2.24) is 0 Å². The largest absolute Gasteiger partial charge is 0.439 e. The van der Waals surface area contributed by atoms with Gasteiger partial charge in [0, 0.05) is 13.1 Å². The van der Waals surface area contributed by atoms with E-state index >= 15 is 0 Å². The van der Waals surface area contributed by atoms with Crippen molar-refractivity contribution >= 4 is 22.6 Å². The van der Waals surface area contributed by atoms with Crippen molar-refractivity contribution in [1.29, 1.82) is 0 Å². The lowest BCUT2D eigenvalue weighted by Crippen LogP contribution is -2.38. The molecule has 2 heterocycles. The van der Waals surface area contributed by atoms with Gasteiger partial charge in [-0.15, -0.1) is 0 Å². The standard InChI is InChI=1S/C22H27NO3/c1-13-11-16(14(2)24)20-17(12-13)19(25)18(15-5-6-15)21(26-20)23-9-7-22(3,4)8-10-23/h11-12,15H,5-10H2,1-4H3. The summed E-state index contributed by atoms with van der Waals surface area (Å²) in [6.45, 7) is 9.82. The Morgan fingerprint density at radius 3 is 2.42 bits per heavy atom. The molecule has 1 aromatic heterocycles. The molecule has 138 valence electrons. The molecule has 1 saturated carbocycles. The number of nitrogens with zero attached hydrogens (tertiary/aromatic N) is 1. The quantitative estimate of drug-likeness (QED) is 0.743. The minimum Gasteiger partial charge on any atom is -0.439 e. The first-order valence-electron chi connectivity index (χ1n) is 9.64. The van der Waals surface area contributed by atoms with E-state index in [0.29, 0.717) is 33.7 Å². The van der Waals surface area contributed by atoms with Crippen LogP contribution in [0.4, 0.5) is 5.88 Å². The first-order chi connectivity index (χ1) is 12.3. The summed E-state index contributed by atoms with van der Waals surface area (Å²) in [6, 6.07) is 3.69. The van der Waals surface area contributed by atoms with Crippen LogP contribution in [-0.4, -0.2) is 18.9 Å². The Labute approximate surface area is 154 Å². The summed E-state index contributed by atoms with van der Waals surface area (Å²) in [4.78, 5) is 27.7. The second kappa shape index (κ2) is 5.97. The second-order valence-electron chi connectivity index (χ2n) is 8.82. The molecule has 0 bridgehead atoms. The number of carbonyl (C=O) groups is 1. The summed E-state index contributed by atoms with van der Waals surface area (Å²) in [5.74, 6) is 0.959. The van der Waals surface area contributed by atoms with Crippen molar-refractivity contribution in [3.05, 3.63) is 39.0 Å². The molecule has 0 atom stereocenters. The third kappa shape index (κ3) is 2.95. The molecule has 2 fully saturated rings. The Kier molecular flexibility index (Phi) is 3.98. The molecule has 1 saturated heterocycles. The lowest BCUT2D eigenvalue weighted by Gasteiger charge is -2.37. The Morgan fingerprint density at radius 1 is 1.19 bits per heavy atom. The van der Waals surface area contributed by atoms with Crippen LogP contribution in [-0.2, 0) is 0 Å². The van der Waals surface area contributed by atoms with E-state index in [9.17, 15) is 9.59 Å². The second-order valence-corrected chi connectivity index (χ2v) is 8.82. The number of fused-ring (bicyclic) bond motifs is 1. The minimum absolute atomic E-state index is 0.0554. The third-order valence-corrected chi connectivity index (χ3v) is 5.92. The van der Waals surface area contributed by atoms with E-state index < -0.39 is 0 Å². The smallest absolute Gasteiger partial charge is 0.203 e. The van der Waals surface area contributed by atoms with E-state index in [2.05, 4.69) is 18.7 Å². The number of benzene rings is 1. The van der Waals surface area contributed by atoms with Gasteiger partial charge in [0.25, 0.3) is 0 Å². The van der Waals surface area contributed by atoms with Crippen LogP contribution in [0.1, 0.15) is 73.9 Å². The van der Waals surface area contributed by atoms with Crippen LogP contribution in [0.5, 0.6) is 0 Å². The highest BCUT2D eigenvalue weighted by Crippen LogP contribution is 2.45. The van der Waals surface area contributed by atoms with Gasteiger partial charge in [-0.2, -0.15) is 0 Å². The molecular weight excluding hydrogens is 326 g/mol. The van der Waals surface area contributed by atoms with Gasteiger partial charge in [-0.3, -0.25) is 9.59 Å². The molecule has 1 aliphatic carbocycles. The Bertz CT molecular complexity index is 940. The average Bonchev–Trinajstić information content (AvgIpc) is 3.39. The molecular formula is C22H27NO3. The summed E-state index contributed by atoms with van der Waals surface area (Å²) in [5, 5.41) is 0.554. The number of anilines is 1. The highest BCUT2D eigenvalue weighted by atomic mass is 16.4. The van der Waals surface area contributed by atoms with Gasteiger partial charge in [0.15, 0.2) is 16.8 Å². The summed E-state index contributed by atoms with van der Waals surface area (Å²) in [5.41, 5.74) is 3.10. The fourth-order valence-corrected chi connectivity index (χ4v) is 3.99. The van der Waals surface area contributed by atoms with Gasteiger partial charge in [0.1, 0.15) is 0 Å². The summed E-state index contributed by atoms with van der Waals surface area (Å²) in [6.07, 6.45) is 4.25. The van der Waals surface area contributed by atoms with Crippen LogP contribution in [0.25, 0.3) is 11.0 Å². The minimum atomic E-state index is -0.0632. The molecule has 1 aromatic carbocycles. The summed E-state index contributed by atoms with van der Waals surface area (Å²) < 4.78 is 6.34. The van der Waals surface area contributed by atoms with Crippen molar-refractivity contribution in [2.45, 2.75) is 59.3 Å². The molecule has 2 aromatic rings. The average molecular weight is 353 g/mol. The molecule has 4 heteroatoms. The number of hydrogen-bond donors (Lipinski definition) is 0. The highest BCUT2D eigenvalue weighted by Gasteiger charge is 2.35. The number of carbonyl (C=O) groups excluding carboxylic acids is 1. The number of Topliss-reactive ketones (excluding diaryl/α,β-unsaturated/α-hetero) is 1. The van der Waals surface area contributed by atoms with Gasteiger partial charge in [0.05, 0.1) is 16.5 Å². The van der Waals surface area contributed by atoms with Crippen molar-refractivity contribution in [2.75, 3.05) is 18.0 Å². The maximum Gasteiger partial charge on any atom is 0.203 e. The summed E-state index contributed by atoms with van der Waals surface area (Å²) in [7, 11) is 0. The molecule has 26 heavy (non-hydrogen) atoms. The number of aryl methyl sites for hydroxylation is 1. The van der Waals surface area contributed by atoms with E-state index in [4.69, 9.17) is 4.42 Å². The molecule has 0 unspecified atom stereocenters. The topological polar surface area (TPSA) is 50.5 Å². The molecule has 0 radical (unpaired) electrons. The Hall–Kier alpha value is -2.10.